The molecule has 2 aliphatic heterocycles. The van der Waals surface area contributed by atoms with E-state index in [1.54, 1.807) is 0 Å². The van der Waals surface area contributed by atoms with Crippen LogP contribution < -0.4 is 5.32 Å². The molecule has 1 atom stereocenters. The number of nitrogens with zero attached hydrogens (tertiary/aromatic N) is 1. The SMILES string of the molecule is C1CN(CC2CCSC2)CCN1. The molecule has 1 unspecified atom stereocenters. The highest BCUT2D eigenvalue weighted by molar-refractivity contribution is 7.99. The van der Waals surface area contributed by atoms with Crippen LogP contribution in [-0.4, -0.2) is 49.1 Å². The maximum absolute atomic E-state index is 3.39. The molecule has 0 bridgehead atoms. The molecule has 0 aromatic rings. The minimum atomic E-state index is 0.994. The van der Waals surface area contributed by atoms with E-state index in [1.807, 2.05) is 0 Å². The van der Waals surface area contributed by atoms with Crippen LogP contribution in [0.4, 0.5) is 0 Å². The molecule has 2 saturated heterocycles. The summed E-state index contributed by atoms with van der Waals surface area (Å²) in [5.41, 5.74) is 0. The van der Waals surface area contributed by atoms with Crippen LogP contribution in [0.2, 0.25) is 0 Å². The van der Waals surface area contributed by atoms with Crippen molar-refractivity contribution in [2.45, 2.75) is 6.42 Å². The molecule has 0 spiro atoms. The van der Waals surface area contributed by atoms with E-state index < -0.39 is 0 Å². The number of rotatable bonds is 2. The van der Waals surface area contributed by atoms with Gasteiger partial charge in [0.1, 0.15) is 0 Å². The van der Waals surface area contributed by atoms with Crippen molar-refractivity contribution < 1.29 is 0 Å². The summed E-state index contributed by atoms with van der Waals surface area (Å²) in [4.78, 5) is 2.62. The molecular weight excluding hydrogens is 168 g/mol. The minimum absolute atomic E-state index is 0.994. The van der Waals surface area contributed by atoms with Gasteiger partial charge < -0.3 is 10.2 Å². The Morgan fingerprint density at radius 1 is 1.33 bits per heavy atom. The predicted octanol–water partition coefficient (Wildman–Crippen LogP) is 0.645. The monoisotopic (exact) mass is 186 g/mol. The van der Waals surface area contributed by atoms with Gasteiger partial charge in [0.25, 0.3) is 0 Å². The second-order valence-corrected chi connectivity index (χ2v) is 4.93. The van der Waals surface area contributed by atoms with E-state index in [4.69, 9.17) is 0 Å². The summed E-state index contributed by atoms with van der Waals surface area (Å²) in [7, 11) is 0. The Morgan fingerprint density at radius 2 is 2.17 bits per heavy atom. The largest absolute Gasteiger partial charge is 0.314 e. The summed E-state index contributed by atoms with van der Waals surface area (Å²) in [5, 5.41) is 3.39. The Labute approximate surface area is 79.1 Å². The third-order valence-corrected chi connectivity index (χ3v) is 3.98. The minimum Gasteiger partial charge on any atom is -0.314 e. The van der Waals surface area contributed by atoms with Crippen molar-refractivity contribution in [3.05, 3.63) is 0 Å². The van der Waals surface area contributed by atoms with Crippen LogP contribution >= 0.6 is 11.8 Å². The van der Waals surface area contributed by atoms with Gasteiger partial charge in [-0.05, 0) is 23.8 Å². The zero-order valence-corrected chi connectivity index (χ0v) is 8.41. The third-order valence-electron chi connectivity index (χ3n) is 2.75. The highest BCUT2D eigenvalue weighted by atomic mass is 32.2. The van der Waals surface area contributed by atoms with Crippen molar-refractivity contribution in [2.75, 3.05) is 44.2 Å². The van der Waals surface area contributed by atoms with E-state index in [0.29, 0.717) is 0 Å². The van der Waals surface area contributed by atoms with E-state index >= 15 is 0 Å². The molecule has 0 saturated carbocycles. The Balaban J connectivity index is 1.69. The number of thioether (sulfide) groups is 1. The average molecular weight is 186 g/mol. The molecular formula is C9H18N2S. The number of piperazine rings is 1. The van der Waals surface area contributed by atoms with Crippen LogP contribution in [0.3, 0.4) is 0 Å². The lowest BCUT2D eigenvalue weighted by Crippen LogP contribution is -2.45. The molecule has 0 aromatic heterocycles. The van der Waals surface area contributed by atoms with Gasteiger partial charge in [0, 0.05) is 32.7 Å². The van der Waals surface area contributed by atoms with Gasteiger partial charge >= 0.3 is 0 Å². The van der Waals surface area contributed by atoms with E-state index in [2.05, 4.69) is 22.0 Å². The highest BCUT2D eigenvalue weighted by Crippen LogP contribution is 2.24. The van der Waals surface area contributed by atoms with Gasteiger partial charge in [-0.2, -0.15) is 11.8 Å². The van der Waals surface area contributed by atoms with Crippen LogP contribution in [0.5, 0.6) is 0 Å². The molecule has 1 N–H and O–H groups in total. The first-order valence-electron chi connectivity index (χ1n) is 4.96. The fraction of sp³-hybridized carbons (Fsp3) is 1.00. The average Bonchev–Trinajstić information content (AvgIpc) is 2.59. The van der Waals surface area contributed by atoms with Crippen LogP contribution in [0.25, 0.3) is 0 Å². The Kier molecular flexibility index (Phi) is 3.31. The van der Waals surface area contributed by atoms with Gasteiger partial charge in [-0.3, -0.25) is 0 Å². The summed E-state index contributed by atoms with van der Waals surface area (Å²) in [6.07, 6.45) is 1.45. The summed E-state index contributed by atoms with van der Waals surface area (Å²) < 4.78 is 0. The normalized spacial score (nSPS) is 32.5. The number of hydrogen-bond donors (Lipinski definition) is 1. The topological polar surface area (TPSA) is 15.3 Å². The first-order valence-corrected chi connectivity index (χ1v) is 6.11. The second kappa shape index (κ2) is 4.49. The fourth-order valence-corrected chi connectivity index (χ4v) is 3.26. The van der Waals surface area contributed by atoms with Gasteiger partial charge in [-0.1, -0.05) is 0 Å². The molecule has 12 heavy (non-hydrogen) atoms. The van der Waals surface area contributed by atoms with E-state index in [0.717, 1.165) is 5.92 Å². The molecule has 0 aliphatic carbocycles. The Morgan fingerprint density at radius 3 is 2.83 bits per heavy atom. The summed E-state index contributed by atoms with van der Waals surface area (Å²) in [5.74, 6) is 3.80. The second-order valence-electron chi connectivity index (χ2n) is 3.78. The van der Waals surface area contributed by atoms with Gasteiger partial charge in [0.15, 0.2) is 0 Å². The maximum atomic E-state index is 3.39. The zero-order chi connectivity index (χ0) is 8.23. The number of hydrogen-bond acceptors (Lipinski definition) is 3. The zero-order valence-electron chi connectivity index (χ0n) is 7.59. The van der Waals surface area contributed by atoms with Crippen LogP contribution in [-0.2, 0) is 0 Å². The van der Waals surface area contributed by atoms with Crippen molar-refractivity contribution >= 4 is 11.8 Å². The van der Waals surface area contributed by atoms with Crippen LogP contribution in [0.15, 0.2) is 0 Å². The maximum Gasteiger partial charge on any atom is 0.0107 e. The van der Waals surface area contributed by atoms with Gasteiger partial charge in [0.05, 0.1) is 0 Å². The molecule has 0 radical (unpaired) electrons. The van der Waals surface area contributed by atoms with Crippen molar-refractivity contribution in [1.29, 1.82) is 0 Å². The van der Waals surface area contributed by atoms with Crippen LogP contribution in [0.1, 0.15) is 6.42 Å². The van der Waals surface area contributed by atoms with E-state index in [-0.39, 0.29) is 0 Å². The molecule has 2 fully saturated rings. The van der Waals surface area contributed by atoms with Crippen molar-refractivity contribution in [3.63, 3.8) is 0 Å². The standard InChI is InChI=1S/C9H18N2S/c1-6-12-8-9(1)7-11-4-2-10-3-5-11/h9-10H,1-8H2. The summed E-state index contributed by atoms with van der Waals surface area (Å²) >= 11 is 2.13. The molecule has 70 valence electrons. The quantitative estimate of drug-likeness (QED) is 0.681. The smallest absolute Gasteiger partial charge is 0.0107 e. The fourth-order valence-electron chi connectivity index (χ4n) is 1.99. The molecule has 3 heteroatoms. The van der Waals surface area contributed by atoms with E-state index in [9.17, 15) is 0 Å². The molecule has 0 amide bonds. The van der Waals surface area contributed by atoms with Gasteiger partial charge in [-0.15, -0.1) is 0 Å². The Bertz CT molecular complexity index is 128. The lowest BCUT2D eigenvalue weighted by atomic mass is 10.1. The Hall–Kier alpha value is 0.270. The van der Waals surface area contributed by atoms with Crippen molar-refractivity contribution in [2.24, 2.45) is 5.92 Å². The van der Waals surface area contributed by atoms with Crippen molar-refractivity contribution in [3.8, 4) is 0 Å². The van der Waals surface area contributed by atoms with Gasteiger partial charge in [-0.25, -0.2) is 0 Å². The molecule has 2 heterocycles. The third kappa shape index (κ3) is 2.38. The van der Waals surface area contributed by atoms with Gasteiger partial charge in [0.2, 0.25) is 0 Å². The first kappa shape index (κ1) is 8.85. The van der Waals surface area contributed by atoms with E-state index in [1.165, 1.54) is 50.7 Å². The molecule has 2 aliphatic rings. The highest BCUT2D eigenvalue weighted by Gasteiger charge is 2.19. The van der Waals surface area contributed by atoms with Crippen molar-refractivity contribution in [1.82, 2.24) is 10.2 Å². The molecule has 2 nitrogen and oxygen atoms in total. The lowest BCUT2D eigenvalue weighted by molar-refractivity contribution is 0.213. The summed E-state index contributed by atoms with van der Waals surface area (Å²) in [6.45, 7) is 6.27. The summed E-state index contributed by atoms with van der Waals surface area (Å²) in [6, 6.07) is 0. The first-order chi connectivity index (χ1) is 5.95. The predicted molar refractivity (Wildman–Crippen MR) is 54.7 cm³/mol. The molecule has 0 aromatic carbocycles. The lowest BCUT2D eigenvalue weighted by Gasteiger charge is -2.29. The number of nitrogens with one attached hydrogen (secondary N) is 1. The van der Waals surface area contributed by atoms with Crippen LogP contribution in [0, 0.1) is 5.92 Å². The molecule has 2 rings (SSSR count).